The molecule has 1 aromatic rings. The first-order valence-corrected chi connectivity index (χ1v) is 5.53. The van der Waals surface area contributed by atoms with E-state index < -0.39 is 6.10 Å². The molecule has 0 amide bonds. The summed E-state index contributed by atoms with van der Waals surface area (Å²) in [5, 5.41) is 12.7. The molecule has 1 atom stereocenters. The second-order valence-electron chi connectivity index (χ2n) is 3.55. The maximum Gasteiger partial charge on any atom is 0.115 e. The van der Waals surface area contributed by atoms with Crippen molar-refractivity contribution in [3.8, 4) is 0 Å². The quantitative estimate of drug-likeness (QED) is 0.572. The van der Waals surface area contributed by atoms with Crippen LogP contribution in [0.2, 0.25) is 0 Å². The molecular formula is C11H19N3O3. The van der Waals surface area contributed by atoms with Crippen molar-refractivity contribution in [1.82, 2.24) is 15.3 Å². The lowest BCUT2D eigenvalue weighted by molar-refractivity contribution is 0.0137. The minimum atomic E-state index is -0.520. The zero-order valence-electron chi connectivity index (χ0n) is 10.0. The standard InChI is InChI=1S/C11H19N3O3/c1-16-4-5-17-8-11(15)7-13-6-10-2-3-12-9-14-10/h2-3,9,11,13,15H,4-8H2,1H3. The van der Waals surface area contributed by atoms with E-state index in [4.69, 9.17) is 9.47 Å². The van der Waals surface area contributed by atoms with Gasteiger partial charge in [-0.25, -0.2) is 9.97 Å². The molecule has 6 nitrogen and oxygen atoms in total. The number of hydrogen-bond acceptors (Lipinski definition) is 6. The van der Waals surface area contributed by atoms with Gasteiger partial charge in [0.1, 0.15) is 6.33 Å². The molecule has 1 unspecified atom stereocenters. The van der Waals surface area contributed by atoms with Gasteiger partial charge in [-0.05, 0) is 6.07 Å². The molecular weight excluding hydrogens is 222 g/mol. The maximum atomic E-state index is 9.57. The largest absolute Gasteiger partial charge is 0.389 e. The van der Waals surface area contributed by atoms with Crippen molar-refractivity contribution in [2.45, 2.75) is 12.6 Å². The Hall–Kier alpha value is -1.08. The Morgan fingerprint density at radius 2 is 2.35 bits per heavy atom. The van der Waals surface area contributed by atoms with E-state index in [1.807, 2.05) is 6.07 Å². The molecule has 1 heterocycles. The van der Waals surface area contributed by atoms with Gasteiger partial charge in [0.15, 0.2) is 0 Å². The van der Waals surface area contributed by atoms with Gasteiger partial charge in [-0.3, -0.25) is 0 Å². The summed E-state index contributed by atoms with van der Waals surface area (Å²) in [6.45, 7) is 2.43. The summed E-state index contributed by atoms with van der Waals surface area (Å²) in [5.41, 5.74) is 0.896. The molecule has 0 radical (unpaired) electrons. The van der Waals surface area contributed by atoms with Crippen LogP contribution >= 0.6 is 0 Å². The number of aliphatic hydroxyl groups excluding tert-OH is 1. The first kappa shape index (κ1) is 14.0. The summed E-state index contributed by atoms with van der Waals surface area (Å²) in [7, 11) is 1.61. The van der Waals surface area contributed by atoms with E-state index in [9.17, 15) is 5.11 Å². The van der Waals surface area contributed by atoms with Gasteiger partial charge in [-0.2, -0.15) is 0 Å². The van der Waals surface area contributed by atoms with Crippen LogP contribution in [0.1, 0.15) is 5.69 Å². The van der Waals surface area contributed by atoms with Crippen LogP contribution in [-0.2, 0) is 16.0 Å². The van der Waals surface area contributed by atoms with Gasteiger partial charge in [0.25, 0.3) is 0 Å². The fourth-order valence-electron chi connectivity index (χ4n) is 1.21. The lowest BCUT2D eigenvalue weighted by atomic mass is 10.3. The summed E-state index contributed by atoms with van der Waals surface area (Å²) in [4.78, 5) is 7.89. The van der Waals surface area contributed by atoms with E-state index in [0.29, 0.717) is 32.9 Å². The van der Waals surface area contributed by atoms with Gasteiger partial charge in [0.2, 0.25) is 0 Å². The molecule has 0 aliphatic rings. The molecule has 0 spiro atoms. The van der Waals surface area contributed by atoms with E-state index in [-0.39, 0.29) is 0 Å². The fraction of sp³-hybridized carbons (Fsp3) is 0.636. The Kier molecular flexibility index (Phi) is 7.40. The van der Waals surface area contributed by atoms with Gasteiger partial charge >= 0.3 is 0 Å². The van der Waals surface area contributed by atoms with Gasteiger partial charge in [0, 0.05) is 26.4 Å². The maximum absolute atomic E-state index is 9.57. The lowest BCUT2D eigenvalue weighted by Crippen LogP contribution is -2.30. The summed E-state index contributed by atoms with van der Waals surface area (Å²) < 4.78 is 10.0. The second-order valence-corrected chi connectivity index (χ2v) is 3.55. The average Bonchev–Trinajstić information content (AvgIpc) is 2.36. The van der Waals surface area contributed by atoms with E-state index in [1.54, 1.807) is 13.3 Å². The molecule has 0 aliphatic heterocycles. The minimum Gasteiger partial charge on any atom is -0.389 e. The number of rotatable bonds is 9. The number of aromatic nitrogens is 2. The van der Waals surface area contributed by atoms with Crippen LogP contribution in [0.5, 0.6) is 0 Å². The normalized spacial score (nSPS) is 12.6. The van der Waals surface area contributed by atoms with Crippen molar-refractivity contribution in [2.24, 2.45) is 0 Å². The van der Waals surface area contributed by atoms with Gasteiger partial charge in [0.05, 0.1) is 31.6 Å². The van der Waals surface area contributed by atoms with Crippen molar-refractivity contribution in [1.29, 1.82) is 0 Å². The summed E-state index contributed by atoms with van der Waals surface area (Å²) in [5.74, 6) is 0. The van der Waals surface area contributed by atoms with E-state index in [0.717, 1.165) is 5.69 Å². The molecule has 0 saturated heterocycles. The molecule has 17 heavy (non-hydrogen) atoms. The molecule has 0 bridgehead atoms. The molecule has 6 heteroatoms. The third-order valence-corrected chi connectivity index (χ3v) is 2.07. The topological polar surface area (TPSA) is 76.5 Å². The monoisotopic (exact) mass is 241 g/mol. The number of nitrogens with zero attached hydrogens (tertiary/aromatic N) is 2. The van der Waals surface area contributed by atoms with Crippen LogP contribution in [0, 0.1) is 0 Å². The number of methoxy groups -OCH3 is 1. The van der Waals surface area contributed by atoms with E-state index in [2.05, 4.69) is 15.3 Å². The molecule has 0 saturated carbocycles. The average molecular weight is 241 g/mol. The van der Waals surface area contributed by atoms with Gasteiger partial charge < -0.3 is 19.9 Å². The second kappa shape index (κ2) is 9.00. The fourth-order valence-corrected chi connectivity index (χ4v) is 1.21. The first-order valence-electron chi connectivity index (χ1n) is 5.53. The molecule has 0 fully saturated rings. The van der Waals surface area contributed by atoms with Crippen LogP contribution in [0.3, 0.4) is 0 Å². The number of aliphatic hydroxyl groups is 1. The van der Waals surface area contributed by atoms with Crippen molar-refractivity contribution < 1.29 is 14.6 Å². The molecule has 1 rings (SSSR count). The molecule has 0 aliphatic carbocycles. The number of hydrogen-bond donors (Lipinski definition) is 2. The third kappa shape index (κ3) is 6.96. The zero-order valence-corrected chi connectivity index (χ0v) is 10.0. The number of ether oxygens (including phenoxy) is 2. The summed E-state index contributed by atoms with van der Waals surface area (Å²) in [6, 6.07) is 1.83. The van der Waals surface area contributed by atoms with Crippen LogP contribution in [0.4, 0.5) is 0 Å². The van der Waals surface area contributed by atoms with Crippen LogP contribution in [0.25, 0.3) is 0 Å². The highest BCUT2D eigenvalue weighted by Gasteiger charge is 2.03. The van der Waals surface area contributed by atoms with Gasteiger partial charge in [-0.15, -0.1) is 0 Å². The van der Waals surface area contributed by atoms with Crippen LogP contribution in [0.15, 0.2) is 18.6 Å². The first-order chi connectivity index (χ1) is 8.33. The van der Waals surface area contributed by atoms with Gasteiger partial charge in [-0.1, -0.05) is 0 Å². The number of nitrogens with one attached hydrogen (secondary N) is 1. The third-order valence-electron chi connectivity index (χ3n) is 2.07. The van der Waals surface area contributed by atoms with Crippen LogP contribution in [-0.4, -0.2) is 54.7 Å². The Balaban J connectivity index is 2.02. The van der Waals surface area contributed by atoms with E-state index in [1.165, 1.54) is 6.33 Å². The highest BCUT2D eigenvalue weighted by molar-refractivity contribution is 4.96. The van der Waals surface area contributed by atoms with Crippen molar-refractivity contribution in [3.63, 3.8) is 0 Å². The smallest absolute Gasteiger partial charge is 0.115 e. The Morgan fingerprint density at radius 3 is 3.06 bits per heavy atom. The SMILES string of the molecule is COCCOCC(O)CNCc1ccncn1. The minimum absolute atomic E-state index is 0.306. The van der Waals surface area contributed by atoms with E-state index >= 15 is 0 Å². The van der Waals surface area contributed by atoms with Crippen LogP contribution < -0.4 is 5.32 Å². The zero-order chi connectivity index (χ0) is 12.3. The highest BCUT2D eigenvalue weighted by Crippen LogP contribution is 1.90. The summed E-state index contributed by atoms with van der Waals surface area (Å²) in [6.07, 6.45) is 2.67. The Labute approximate surface area is 101 Å². The molecule has 96 valence electrons. The highest BCUT2D eigenvalue weighted by atomic mass is 16.5. The van der Waals surface area contributed by atoms with Crippen molar-refractivity contribution >= 4 is 0 Å². The van der Waals surface area contributed by atoms with Crippen molar-refractivity contribution in [3.05, 3.63) is 24.3 Å². The Bertz CT molecular complexity index is 285. The predicted molar refractivity (Wildman–Crippen MR) is 62.4 cm³/mol. The predicted octanol–water partition coefficient (Wildman–Crippen LogP) is -0.410. The van der Waals surface area contributed by atoms with Crippen molar-refractivity contribution in [2.75, 3.05) is 33.5 Å². The molecule has 2 N–H and O–H groups in total. The molecule has 0 aromatic carbocycles. The summed E-state index contributed by atoms with van der Waals surface area (Å²) >= 11 is 0. The molecule has 1 aromatic heterocycles. The Morgan fingerprint density at radius 1 is 1.47 bits per heavy atom. The lowest BCUT2D eigenvalue weighted by Gasteiger charge is -2.11.